The van der Waals surface area contributed by atoms with Gasteiger partial charge in [-0.25, -0.2) is 4.39 Å². The molecule has 3 rings (SSSR count). The Morgan fingerprint density at radius 3 is 2.19 bits per heavy atom. The summed E-state index contributed by atoms with van der Waals surface area (Å²) in [4.78, 5) is -1.15. The van der Waals surface area contributed by atoms with E-state index < -0.39 is 32.6 Å². The normalized spacial score (nSPS) is 16.0. The van der Waals surface area contributed by atoms with Crippen molar-refractivity contribution in [3.8, 4) is 5.75 Å². The third kappa shape index (κ3) is 4.29. The van der Waals surface area contributed by atoms with Crippen LogP contribution in [-0.4, -0.2) is 19.9 Å². The molecule has 26 heavy (non-hydrogen) atoms. The highest BCUT2D eigenvalue weighted by Crippen LogP contribution is 2.45. The van der Waals surface area contributed by atoms with Gasteiger partial charge in [-0.3, -0.25) is 0 Å². The maximum Gasteiger partial charge on any atom is 0.416 e. The largest absolute Gasteiger partial charge is 0.416 e. The highest BCUT2D eigenvalue weighted by molar-refractivity contribution is 8.19. The Bertz CT molecular complexity index is 890. The number of hydrogen-bond donors (Lipinski definition) is 0. The Hall–Kier alpha value is -1.39. The van der Waals surface area contributed by atoms with E-state index in [9.17, 15) is 26.0 Å². The monoisotopic (exact) mass is 424 g/mol. The minimum atomic E-state index is -4.80. The van der Waals surface area contributed by atoms with Crippen molar-refractivity contribution in [2.24, 2.45) is 0 Å². The fourth-order valence-electron chi connectivity index (χ4n) is 2.27. The highest BCUT2D eigenvalue weighted by atomic mass is 32.2. The first kappa shape index (κ1) is 19.4. The Kier molecular flexibility index (Phi) is 5.45. The molecular formula is C16H12F4O3S3. The molecule has 0 bridgehead atoms. The molecule has 1 aliphatic rings. The Morgan fingerprint density at radius 1 is 1.00 bits per heavy atom. The van der Waals surface area contributed by atoms with E-state index in [1.165, 1.54) is 12.1 Å². The molecule has 0 atom stereocenters. The summed E-state index contributed by atoms with van der Waals surface area (Å²) in [7, 11) is -4.74. The molecule has 2 aromatic rings. The van der Waals surface area contributed by atoms with Crippen molar-refractivity contribution >= 4 is 33.6 Å². The first-order chi connectivity index (χ1) is 12.2. The third-order valence-electron chi connectivity index (χ3n) is 3.51. The first-order valence-electron chi connectivity index (χ1n) is 7.31. The van der Waals surface area contributed by atoms with E-state index in [1.54, 1.807) is 35.7 Å². The van der Waals surface area contributed by atoms with Gasteiger partial charge in [-0.15, -0.1) is 23.5 Å². The third-order valence-corrected chi connectivity index (χ3v) is 7.88. The highest BCUT2D eigenvalue weighted by Gasteiger charge is 2.33. The lowest BCUT2D eigenvalue weighted by atomic mass is 10.2. The zero-order valence-corrected chi connectivity index (χ0v) is 15.4. The van der Waals surface area contributed by atoms with E-state index in [1.807, 2.05) is 0 Å². The van der Waals surface area contributed by atoms with Crippen molar-refractivity contribution < 1.29 is 30.2 Å². The van der Waals surface area contributed by atoms with Crippen LogP contribution in [0.3, 0.4) is 0 Å². The summed E-state index contributed by atoms with van der Waals surface area (Å²) < 4.78 is 81.5. The number of hydrogen-bond acceptors (Lipinski definition) is 5. The summed E-state index contributed by atoms with van der Waals surface area (Å²) in [5.41, 5.74) is -0.292. The zero-order chi connectivity index (χ0) is 18.9. The number of benzene rings is 2. The zero-order valence-electron chi connectivity index (χ0n) is 13.0. The predicted octanol–water partition coefficient (Wildman–Crippen LogP) is 5.09. The van der Waals surface area contributed by atoms with Gasteiger partial charge in [-0.05, 0) is 35.9 Å². The molecule has 0 spiro atoms. The van der Waals surface area contributed by atoms with Crippen molar-refractivity contribution in [3.63, 3.8) is 0 Å². The van der Waals surface area contributed by atoms with Gasteiger partial charge in [0.2, 0.25) is 0 Å². The number of alkyl halides is 3. The molecule has 3 nitrogen and oxygen atoms in total. The fourth-order valence-corrected chi connectivity index (χ4v) is 6.17. The van der Waals surface area contributed by atoms with Gasteiger partial charge in [-0.2, -0.15) is 21.6 Å². The van der Waals surface area contributed by atoms with Gasteiger partial charge in [0, 0.05) is 11.5 Å². The fraction of sp³-hybridized carbons (Fsp3) is 0.250. The van der Waals surface area contributed by atoms with E-state index in [2.05, 4.69) is 0 Å². The van der Waals surface area contributed by atoms with Crippen LogP contribution in [0, 0.1) is 5.82 Å². The molecule has 0 aromatic heterocycles. The second kappa shape index (κ2) is 7.32. The summed E-state index contributed by atoms with van der Waals surface area (Å²) in [5.74, 6) is 0.639. The average Bonchev–Trinajstić information content (AvgIpc) is 3.09. The quantitative estimate of drug-likeness (QED) is 0.505. The molecule has 2 aromatic carbocycles. The molecule has 1 fully saturated rings. The molecule has 1 heterocycles. The predicted molar refractivity (Wildman–Crippen MR) is 93.3 cm³/mol. The van der Waals surface area contributed by atoms with Crippen LogP contribution >= 0.6 is 23.5 Å². The standard InChI is InChI=1S/C16H12F4O3S3/c17-13-6-3-11(16(18,19)20)9-14(13)26(21,22)23-12-4-1-10(2-5-12)15-24-7-8-25-15/h1-6,9,15H,7-8H2. The van der Waals surface area contributed by atoms with E-state index >= 15 is 0 Å². The lowest BCUT2D eigenvalue weighted by Gasteiger charge is -2.12. The van der Waals surface area contributed by atoms with E-state index in [0.717, 1.165) is 17.1 Å². The van der Waals surface area contributed by atoms with Crippen LogP contribution < -0.4 is 4.18 Å². The van der Waals surface area contributed by atoms with Gasteiger partial charge in [0.1, 0.15) is 16.5 Å². The molecule has 0 saturated carbocycles. The van der Waals surface area contributed by atoms with Gasteiger partial charge < -0.3 is 4.18 Å². The molecule has 1 aliphatic heterocycles. The summed E-state index contributed by atoms with van der Waals surface area (Å²) in [5, 5.41) is 0. The smallest absolute Gasteiger partial charge is 0.379 e. The van der Waals surface area contributed by atoms with Gasteiger partial charge in [-0.1, -0.05) is 12.1 Å². The first-order valence-corrected chi connectivity index (χ1v) is 10.8. The number of halogens is 4. The molecule has 0 unspecified atom stereocenters. The van der Waals surface area contributed by atoms with Gasteiger partial charge >= 0.3 is 16.3 Å². The summed E-state index contributed by atoms with van der Waals surface area (Å²) in [6.07, 6.45) is -4.80. The Balaban J connectivity index is 1.85. The minimum absolute atomic E-state index is 0.0986. The van der Waals surface area contributed by atoms with Crippen LogP contribution in [0.4, 0.5) is 17.6 Å². The maximum absolute atomic E-state index is 13.8. The van der Waals surface area contributed by atoms with Crippen molar-refractivity contribution in [2.75, 3.05) is 11.5 Å². The Labute approximate surface area is 156 Å². The van der Waals surface area contributed by atoms with E-state index in [4.69, 9.17) is 4.18 Å². The minimum Gasteiger partial charge on any atom is -0.379 e. The van der Waals surface area contributed by atoms with E-state index in [0.29, 0.717) is 12.1 Å². The lowest BCUT2D eigenvalue weighted by molar-refractivity contribution is -0.137. The van der Waals surface area contributed by atoms with Crippen LogP contribution in [0.1, 0.15) is 15.7 Å². The maximum atomic E-state index is 13.8. The molecule has 140 valence electrons. The molecule has 10 heteroatoms. The molecule has 0 amide bonds. The number of thioether (sulfide) groups is 2. The van der Waals surface area contributed by atoms with Crippen molar-refractivity contribution in [3.05, 3.63) is 59.4 Å². The summed E-state index contributed by atoms with van der Waals surface area (Å²) in [6, 6.07) is 7.32. The van der Waals surface area contributed by atoms with Crippen LogP contribution in [-0.2, 0) is 16.3 Å². The lowest BCUT2D eigenvalue weighted by Crippen LogP contribution is -2.14. The van der Waals surface area contributed by atoms with Crippen LogP contribution in [0.2, 0.25) is 0 Å². The Morgan fingerprint density at radius 2 is 1.62 bits per heavy atom. The van der Waals surface area contributed by atoms with Crippen LogP contribution in [0.15, 0.2) is 47.4 Å². The topological polar surface area (TPSA) is 43.4 Å². The average molecular weight is 424 g/mol. The van der Waals surface area contributed by atoms with Gasteiger partial charge in [0.15, 0.2) is 0 Å². The van der Waals surface area contributed by atoms with Gasteiger partial charge in [0.25, 0.3) is 0 Å². The second-order valence-corrected chi connectivity index (χ2v) is 9.56. The molecular weight excluding hydrogens is 412 g/mol. The summed E-state index contributed by atoms with van der Waals surface area (Å²) >= 11 is 3.53. The summed E-state index contributed by atoms with van der Waals surface area (Å²) in [6.45, 7) is 0. The van der Waals surface area contributed by atoms with Crippen molar-refractivity contribution in [1.29, 1.82) is 0 Å². The SMILES string of the molecule is O=S(=O)(Oc1ccc(C2SCCS2)cc1)c1cc(C(F)(F)F)ccc1F. The number of rotatable bonds is 4. The van der Waals surface area contributed by atoms with E-state index in [-0.39, 0.29) is 16.4 Å². The van der Waals surface area contributed by atoms with Crippen LogP contribution in [0.25, 0.3) is 0 Å². The second-order valence-electron chi connectivity index (χ2n) is 5.32. The molecule has 0 N–H and O–H groups in total. The van der Waals surface area contributed by atoms with Crippen LogP contribution in [0.5, 0.6) is 5.75 Å². The molecule has 0 radical (unpaired) electrons. The van der Waals surface area contributed by atoms with Crippen molar-refractivity contribution in [1.82, 2.24) is 0 Å². The molecule has 1 saturated heterocycles. The van der Waals surface area contributed by atoms with Crippen molar-refractivity contribution in [2.45, 2.75) is 15.7 Å². The van der Waals surface area contributed by atoms with Gasteiger partial charge in [0.05, 0.1) is 10.1 Å². The molecule has 0 aliphatic carbocycles.